The summed E-state index contributed by atoms with van der Waals surface area (Å²) in [6, 6.07) is -0.437. The SMILES string of the molecule is CCCCCCCCCCCC(O)CN1CC(CCCCCCCCCC)OC(=O)C1Cc1cn(CC(O)CCCCCCCCCC)cn1. The summed E-state index contributed by atoms with van der Waals surface area (Å²) in [5.74, 6) is -0.180. The molecule has 7 heteroatoms. The van der Waals surface area contributed by atoms with Crippen molar-refractivity contribution in [2.45, 2.75) is 238 Å². The number of unbranched alkanes of at least 4 members (excludes halogenated alkanes) is 22. The first-order valence-corrected chi connectivity index (χ1v) is 21.8. The number of aromatic nitrogens is 2. The van der Waals surface area contributed by atoms with E-state index >= 15 is 0 Å². The number of carbonyl (C=O) groups excluding carboxylic acids is 1. The molecular formula is C43H81N3O4. The molecule has 2 N–H and O–H groups in total. The van der Waals surface area contributed by atoms with Crippen molar-refractivity contribution in [2.75, 3.05) is 13.1 Å². The lowest BCUT2D eigenvalue weighted by Crippen LogP contribution is -2.55. The molecule has 0 saturated carbocycles. The van der Waals surface area contributed by atoms with Crippen molar-refractivity contribution in [1.29, 1.82) is 0 Å². The van der Waals surface area contributed by atoms with Crippen molar-refractivity contribution in [3.63, 3.8) is 0 Å². The molecule has 4 atom stereocenters. The van der Waals surface area contributed by atoms with E-state index in [1.165, 1.54) is 141 Å². The van der Waals surface area contributed by atoms with Crippen LogP contribution in [0, 0.1) is 0 Å². The second kappa shape index (κ2) is 30.1. The molecule has 292 valence electrons. The normalized spacial score (nSPS) is 18.1. The summed E-state index contributed by atoms with van der Waals surface area (Å²) in [5, 5.41) is 21.8. The average Bonchev–Trinajstić information content (AvgIpc) is 3.54. The molecule has 0 aromatic carbocycles. The van der Waals surface area contributed by atoms with Gasteiger partial charge < -0.3 is 19.5 Å². The van der Waals surface area contributed by atoms with Gasteiger partial charge in [0.05, 0.1) is 24.2 Å². The van der Waals surface area contributed by atoms with Crippen LogP contribution >= 0.6 is 0 Å². The molecule has 0 aliphatic carbocycles. The summed E-state index contributed by atoms with van der Waals surface area (Å²) >= 11 is 0. The Labute approximate surface area is 308 Å². The van der Waals surface area contributed by atoms with Gasteiger partial charge in [0.15, 0.2) is 0 Å². The molecule has 1 fully saturated rings. The van der Waals surface area contributed by atoms with Gasteiger partial charge in [-0.15, -0.1) is 0 Å². The zero-order valence-electron chi connectivity index (χ0n) is 33.1. The average molecular weight is 704 g/mol. The molecule has 0 amide bonds. The van der Waals surface area contributed by atoms with Crippen LogP contribution in [0.3, 0.4) is 0 Å². The number of ether oxygens (including phenoxy) is 1. The van der Waals surface area contributed by atoms with Gasteiger partial charge in [0.2, 0.25) is 0 Å². The molecule has 50 heavy (non-hydrogen) atoms. The fourth-order valence-corrected chi connectivity index (χ4v) is 7.60. The van der Waals surface area contributed by atoms with E-state index in [-0.39, 0.29) is 18.2 Å². The van der Waals surface area contributed by atoms with E-state index in [4.69, 9.17) is 4.74 Å². The van der Waals surface area contributed by atoms with E-state index in [2.05, 4.69) is 30.7 Å². The van der Waals surface area contributed by atoms with E-state index in [9.17, 15) is 15.0 Å². The van der Waals surface area contributed by atoms with Gasteiger partial charge in [-0.05, 0) is 25.7 Å². The molecule has 1 saturated heterocycles. The summed E-state index contributed by atoms with van der Waals surface area (Å²) in [5.41, 5.74) is 0.839. The molecule has 0 radical (unpaired) electrons. The number of aliphatic hydroxyl groups excluding tert-OH is 2. The largest absolute Gasteiger partial charge is 0.460 e. The molecule has 2 rings (SSSR count). The number of cyclic esters (lactones) is 1. The van der Waals surface area contributed by atoms with Crippen molar-refractivity contribution < 1.29 is 19.7 Å². The Bertz CT molecular complexity index is 924. The van der Waals surface area contributed by atoms with Crippen LogP contribution in [-0.2, 0) is 22.5 Å². The number of aliphatic hydroxyl groups is 2. The van der Waals surface area contributed by atoms with Gasteiger partial charge >= 0.3 is 5.97 Å². The number of esters is 1. The van der Waals surface area contributed by atoms with E-state index < -0.39 is 12.1 Å². The van der Waals surface area contributed by atoms with Crippen molar-refractivity contribution in [2.24, 2.45) is 0 Å². The monoisotopic (exact) mass is 704 g/mol. The third-order valence-electron chi connectivity index (χ3n) is 10.8. The third-order valence-corrected chi connectivity index (χ3v) is 10.8. The number of morpholine rings is 1. The predicted molar refractivity (Wildman–Crippen MR) is 209 cm³/mol. The van der Waals surface area contributed by atoms with Crippen molar-refractivity contribution in [3.8, 4) is 0 Å². The quantitative estimate of drug-likeness (QED) is 0.0549. The van der Waals surface area contributed by atoms with Gasteiger partial charge in [0.1, 0.15) is 12.1 Å². The molecular weight excluding hydrogens is 622 g/mol. The standard InChI is InChI=1S/C43H81N3O4/c1-4-7-10-13-16-19-21-24-27-30-40(48)35-46-36-41(31-28-25-22-18-15-12-9-6-3)50-43(49)42(46)32-38-33-45(37-44-38)34-39(47)29-26-23-20-17-14-11-8-5-2/h33,37,39-42,47-48H,4-32,34-36H2,1-3H3. The summed E-state index contributed by atoms with van der Waals surface area (Å²) in [6.45, 7) is 8.48. The highest BCUT2D eigenvalue weighted by molar-refractivity contribution is 5.77. The summed E-state index contributed by atoms with van der Waals surface area (Å²) in [4.78, 5) is 20.3. The van der Waals surface area contributed by atoms with Crippen LogP contribution in [0.15, 0.2) is 12.5 Å². The Morgan fingerprint density at radius 2 is 1.10 bits per heavy atom. The van der Waals surface area contributed by atoms with E-state index in [0.29, 0.717) is 26.1 Å². The lowest BCUT2D eigenvalue weighted by molar-refractivity contribution is -0.168. The lowest BCUT2D eigenvalue weighted by atomic mass is 10.0. The minimum atomic E-state index is -0.444. The number of nitrogens with zero attached hydrogens (tertiary/aromatic N) is 3. The first kappa shape index (κ1) is 44.7. The predicted octanol–water partition coefficient (Wildman–Crippen LogP) is 10.7. The Morgan fingerprint density at radius 3 is 1.60 bits per heavy atom. The van der Waals surface area contributed by atoms with Gasteiger partial charge in [0.25, 0.3) is 0 Å². The smallest absolute Gasteiger partial charge is 0.324 e. The fourth-order valence-electron chi connectivity index (χ4n) is 7.60. The van der Waals surface area contributed by atoms with Crippen molar-refractivity contribution in [1.82, 2.24) is 14.5 Å². The third kappa shape index (κ3) is 21.8. The van der Waals surface area contributed by atoms with E-state index in [1.54, 1.807) is 6.33 Å². The number of imidazole rings is 1. The molecule has 1 aromatic heterocycles. The zero-order valence-corrected chi connectivity index (χ0v) is 33.1. The van der Waals surface area contributed by atoms with Gasteiger partial charge in [-0.2, -0.15) is 0 Å². The minimum Gasteiger partial charge on any atom is -0.460 e. The minimum absolute atomic E-state index is 0.109. The Hall–Kier alpha value is -1.44. The van der Waals surface area contributed by atoms with Crippen LogP contribution in [0.5, 0.6) is 0 Å². The summed E-state index contributed by atoms with van der Waals surface area (Å²) in [7, 11) is 0. The number of β-amino-alcohol motifs (C(OH)–C–C–N with tert-alkyl or cyclic N) is 1. The molecule has 1 aliphatic rings. The number of hydrogen-bond acceptors (Lipinski definition) is 6. The van der Waals surface area contributed by atoms with E-state index in [1.807, 2.05) is 10.8 Å². The first-order valence-electron chi connectivity index (χ1n) is 21.8. The first-order chi connectivity index (χ1) is 24.5. The lowest BCUT2D eigenvalue weighted by Gasteiger charge is -2.39. The maximum absolute atomic E-state index is 13.5. The van der Waals surface area contributed by atoms with Crippen LogP contribution in [-0.4, -0.2) is 68.1 Å². The van der Waals surface area contributed by atoms with Gasteiger partial charge in [-0.25, -0.2) is 4.98 Å². The van der Waals surface area contributed by atoms with Gasteiger partial charge in [-0.1, -0.05) is 175 Å². The highest BCUT2D eigenvalue weighted by atomic mass is 16.5. The van der Waals surface area contributed by atoms with Crippen LogP contribution in [0.1, 0.15) is 206 Å². The van der Waals surface area contributed by atoms with E-state index in [0.717, 1.165) is 44.2 Å². The fraction of sp³-hybridized carbons (Fsp3) is 0.907. The maximum Gasteiger partial charge on any atom is 0.324 e. The Kier molecular flexibility index (Phi) is 26.9. The van der Waals surface area contributed by atoms with Gasteiger partial charge in [-0.3, -0.25) is 9.69 Å². The van der Waals surface area contributed by atoms with Crippen LogP contribution in [0.2, 0.25) is 0 Å². The van der Waals surface area contributed by atoms with Crippen molar-refractivity contribution in [3.05, 3.63) is 18.2 Å². The number of carbonyl (C=O) groups is 1. The molecule has 2 heterocycles. The second-order valence-corrected chi connectivity index (χ2v) is 15.7. The van der Waals surface area contributed by atoms with Crippen LogP contribution in [0.4, 0.5) is 0 Å². The highest BCUT2D eigenvalue weighted by Gasteiger charge is 2.37. The molecule has 1 aliphatic heterocycles. The highest BCUT2D eigenvalue weighted by Crippen LogP contribution is 2.23. The Balaban J connectivity index is 1.83. The van der Waals surface area contributed by atoms with Crippen LogP contribution in [0.25, 0.3) is 0 Å². The molecule has 0 spiro atoms. The second-order valence-electron chi connectivity index (χ2n) is 15.7. The van der Waals surface area contributed by atoms with Crippen molar-refractivity contribution >= 4 is 5.97 Å². The number of hydrogen-bond donors (Lipinski definition) is 2. The Morgan fingerprint density at radius 1 is 0.660 bits per heavy atom. The summed E-state index contributed by atoms with van der Waals surface area (Å²) < 4.78 is 7.99. The number of rotatable bonds is 34. The summed E-state index contributed by atoms with van der Waals surface area (Å²) in [6.07, 6.45) is 37.4. The van der Waals surface area contributed by atoms with Gasteiger partial charge in [0, 0.05) is 32.3 Å². The molecule has 7 nitrogen and oxygen atoms in total. The van der Waals surface area contributed by atoms with Crippen LogP contribution < -0.4 is 0 Å². The molecule has 0 bridgehead atoms. The zero-order chi connectivity index (χ0) is 36.1. The topological polar surface area (TPSA) is 87.8 Å². The molecule has 4 unspecified atom stereocenters. The maximum atomic E-state index is 13.5. The molecule has 1 aromatic rings.